The standard InChI is InChI=1S/C22H19BrN6O3S/c1-27(2)28-13-20(32-26-28)25-19(30)14-33-22-24-18(12-15-8-10-16(23)11-9-15)21(31)29(22)17-6-4-3-5-7-17/h3-13H,14H2,1-2H3/p+1/b18-12+. The number of hydrogen-bond donors (Lipinski definition) is 1. The number of aliphatic imine (C=N–C) groups is 1. The molecule has 0 unspecified atom stereocenters. The highest BCUT2D eigenvalue weighted by molar-refractivity contribution is 9.10. The summed E-state index contributed by atoms with van der Waals surface area (Å²) in [6, 6.07) is 16.8. The molecule has 1 aliphatic heterocycles. The number of amidine groups is 1. The number of aromatic nitrogens is 2. The topological polar surface area (TPSA) is 94.9 Å². The molecule has 11 heteroatoms. The van der Waals surface area contributed by atoms with Gasteiger partial charge in [0, 0.05) is 4.47 Å². The maximum absolute atomic E-state index is 13.2. The van der Waals surface area contributed by atoms with Crippen LogP contribution in [0.3, 0.4) is 0 Å². The van der Waals surface area contributed by atoms with Crippen LogP contribution in [0.5, 0.6) is 0 Å². The SMILES string of the molecule is CN(C)[n+]1cc(NC(=O)CSC2=N/C(=C/c3ccc(Br)cc3)C(=O)N2c2ccccc2)on1. The lowest BCUT2D eigenvalue weighted by Crippen LogP contribution is -2.53. The van der Waals surface area contributed by atoms with Crippen molar-refractivity contribution in [1.82, 2.24) is 5.27 Å². The van der Waals surface area contributed by atoms with Crippen LogP contribution in [0.25, 0.3) is 6.08 Å². The van der Waals surface area contributed by atoms with Gasteiger partial charge in [-0.2, -0.15) is 5.01 Å². The Morgan fingerprint density at radius 3 is 2.61 bits per heavy atom. The van der Waals surface area contributed by atoms with Crippen molar-refractivity contribution in [1.29, 1.82) is 0 Å². The molecule has 4 rings (SSSR count). The van der Waals surface area contributed by atoms with Crippen molar-refractivity contribution < 1.29 is 18.9 Å². The molecule has 0 atom stereocenters. The second-order valence-electron chi connectivity index (χ2n) is 7.12. The fourth-order valence-corrected chi connectivity index (χ4v) is 3.98. The highest BCUT2D eigenvalue weighted by Crippen LogP contribution is 2.29. The lowest BCUT2D eigenvalue weighted by atomic mass is 10.2. The smallest absolute Gasteiger partial charge is 0.288 e. The van der Waals surface area contributed by atoms with Crippen molar-refractivity contribution >= 4 is 62.3 Å². The highest BCUT2D eigenvalue weighted by Gasteiger charge is 2.32. The van der Waals surface area contributed by atoms with Crippen molar-refractivity contribution in [3.63, 3.8) is 0 Å². The monoisotopic (exact) mass is 527 g/mol. The van der Waals surface area contributed by atoms with Gasteiger partial charge >= 0.3 is 5.88 Å². The molecule has 0 saturated carbocycles. The minimum atomic E-state index is -0.310. The maximum atomic E-state index is 13.2. The highest BCUT2D eigenvalue weighted by atomic mass is 79.9. The minimum Gasteiger partial charge on any atom is -0.288 e. The zero-order chi connectivity index (χ0) is 23.4. The number of nitrogens with one attached hydrogen (secondary N) is 1. The van der Waals surface area contributed by atoms with Gasteiger partial charge in [-0.3, -0.25) is 24.3 Å². The Hall–Kier alpha value is -3.44. The molecule has 3 aromatic rings. The molecule has 9 nitrogen and oxygen atoms in total. The lowest BCUT2D eigenvalue weighted by Gasteiger charge is -2.17. The number of benzene rings is 2. The fraction of sp³-hybridized carbons (Fsp3) is 0.136. The molecule has 0 saturated heterocycles. The Kier molecular flexibility index (Phi) is 6.90. The van der Waals surface area contributed by atoms with E-state index in [4.69, 9.17) is 4.52 Å². The van der Waals surface area contributed by atoms with E-state index in [0.717, 1.165) is 21.8 Å². The van der Waals surface area contributed by atoms with Crippen LogP contribution >= 0.6 is 27.7 Å². The van der Waals surface area contributed by atoms with E-state index in [1.807, 2.05) is 54.6 Å². The van der Waals surface area contributed by atoms with Crippen LogP contribution in [0.2, 0.25) is 0 Å². The van der Waals surface area contributed by atoms with Gasteiger partial charge in [-0.25, -0.2) is 4.99 Å². The summed E-state index contributed by atoms with van der Waals surface area (Å²) in [7, 11) is 3.58. The second-order valence-corrected chi connectivity index (χ2v) is 8.98. The Morgan fingerprint density at radius 1 is 1.21 bits per heavy atom. The van der Waals surface area contributed by atoms with E-state index in [0.29, 0.717) is 16.6 Å². The third-order valence-electron chi connectivity index (χ3n) is 4.48. The van der Waals surface area contributed by atoms with Crippen LogP contribution in [0.4, 0.5) is 11.6 Å². The zero-order valence-electron chi connectivity index (χ0n) is 17.8. The van der Waals surface area contributed by atoms with Crippen molar-refractivity contribution in [2.45, 2.75) is 0 Å². The molecule has 0 aliphatic carbocycles. The van der Waals surface area contributed by atoms with E-state index in [9.17, 15) is 9.59 Å². The summed E-state index contributed by atoms with van der Waals surface area (Å²) in [5, 5.41) is 8.54. The molecule has 0 bridgehead atoms. The number of amides is 2. The molecule has 1 aromatic heterocycles. The first-order valence-electron chi connectivity index (χ1n) is 9.85. The van der Waals surface area contributed by atoms with Crippen molar-refractivity contribution in [2.75, 3.05) is 35.1 Å². The first kappa shape index (κ1) is 22.7. The molecule has 2 heterocycles. The molecule has 0 fully saturated rings. The van der Waals surface area contributed by atoms with E-state index >= 15 is 0 Å². The summed E-state index contributed by atoms with van der Waals surface area (Å²) in [6.45, 7) is 0. The first-order chi connectivity index (χ1) is 15.9. The number of carbonyl (C=O) groups is 2. The minimum absolute atomic E-state index is 0.0314. The molecule has 2 aromatic carbocycles. The summed E-state index contributed by atoms with van der Waals surface area (Å²) < 4.78 is 6.04. The molecule has 33 heavy (non-hydrogen) atoms. The molecular weight excluding hydrogens is 508 g/mol. The second kappa shape index (κ2) is 10.0. The van der Waals surface area contributed by atoms with Crippen molar-refractivity contribution in [3.8, 4) is 0 Å². The van der Waals surface area contributed by atoms with Crippen LogP contribution in [0, 0.1) is 0 Å². The average molecular weight is 528 g/mol. The largest absolute Gasteiger partial charge is 0.305 e. The van der Waals surface area contributed by atoms with Gasteiger partial charge in [0.2, 0.25) is 11.2 Å². The molecule has 1 aliphatic rings. The molecule has 1 N–H and O–H groups in total. The van der Waals surface area contributed by atoms with Gasteiger partial charge in [-0.1, -0.05) is 58.0 Å². The predicted molar refractivity (Wildman–Crippen MR) is 131 cm³/mol. The number of carbonyl (C=O) groups excluding carboxylic acids is 2. The quantitative estimate of drug-likeness (QED) is 0.391. The van der Waals surface area contributed by atoms with E-state index in [2.05, 4.69) is 31.5 Å². The van der Waals surface area contributed by atoms with E-state index in [-0.39, 0.29) is 23.5 Å². The Balaban J connectivity index is 1.52. The number of anilines is 2. The molecule has 0 radical (unpaired) electrons. The van der Waals surface area contributed by atoms with Crippen LogP contribution in [-0.4, -0.2) is 42.1 Å². The summed E-state index contributed by atoms with van der Waals surface area (Å²) >= 11 is 4.57. The van der Waals surface area contributed by atoms with Gasteiger partial charge in [0.15, 0.2) is 5.17 Å². The third kappa shape index (κ3) is 5.49. The van der Waals surface area contributed by atoms with Crippen molar-refractivity contribution in [3.05, 3.63) is 76.5 Å². The maximum Gasteiger partial charge on any atom is 0.305 e. The number of hydrogen-bond acceptors (Lipinski definition) is 7. The normalized spacial score (nSPS) is 14.5. The average Bonchev–Trinajstić information content (AvgIpc) is 3.39. The number of nitrogens with zero attached hydrogens (tertiary/aromatic N) is 5. The summed E-state index contributed by atoms with van der Waals surface area (Å²) in [5.41, 5.74) is 1.82. The molecule has 168 valence electrons. The van der Waals surface area contributed by atoms with Crippen LogP contribution < -0.4 is 20.0 Å². The van der Waals surface area contributed by atoms with E-state index in [1.165, 1.54) is 9.69 Å². The van der Waals surface area contributed by atoms with Crippen LogP contribution in [-0.2, 0) is 9.59 Å². The van der Waals surface area contributed by atoms with Gasteiger partial charge in [0.05, 0.1) is 30.3 Å². The lowest BCUT2D eigenvalue weighted by molar-refractivity contribution is -0.753. The van der Waals surface area contributed by atoms with Gasteiger partial charge in [0.25, 0.3) is 12.1 Å². The summed E-state index contributed by atoms with van der Waals surface area (Å²) in [6.07, 6.45) is 3.28. The third-order valence-corrected chi connectivity index (χ3v) is 5.94. The van der Waals surface area contributed by atoms with Crippen LogP contribution in [0.15, 0.2) is 80.5 Å². The molecular formula is C22H20BrN6O3S+. The Bertz CT molecular complexity index is 1220. The van der Waals surface area contributed by atoms with Crippen molar-refractivity contribution in [2.24, 2.45) is 4.99 Å². The van der Waals surface area contributed by atoms with Gasteiger partial charge in [0.1, 0.15) is 5.70 Å². The number of thioether (sulfide) groups is 1. The Morgan fingerprint density at radius 2 is 1.94 bits per heavy atom. The van der Waals surface area contributed by atoms with Gasteiger partial charge in [-0.15, -0.1) is 0 Å². The number of rotatable bonds is 6. The van der Waals surface area contributed by atoms with Gasteiger partial charge < -0.3 is 0 Å². The van der Waals surface area contributed by atoms with Gasteiger partial charge in [-0.05, 0) is 35.9 Å². The first-order valence-corrected chi connectivity index (χ1v) is 11.6. The number of halogens is 1. The predicted octanol–water partition coefficient (Wildman–Crippen LogP) is 3.04. The summed E-state index contributed by atoms with van der Waals surface area (Å²) in [4.78, 5) is 33.1. The van der Waals surface area contributed by atoms with E-state index in [1.54, 1.807) is 31.4 Å². The molecule has 0 spiro atoms. The van der Waals surface area contributed by atoms with Crippen LogP contribution in [0.1, 0.15) is 5.56 Å². The fourth-order valence-electron chi connectivity index (χ4n) is 2.90. The Labute approximate surface area is 202 Å². The summed E-state index contributed by atoms with van der Waals surface area (Å²) in [5.74, 6) is -0.316. The number of para-hydroxylation sites is 1. The molecule has 2 amide bonds. The zero-order valence-corrected chi connectivity index (χ0v) is 20.2. The van der Waals surface area contributed by atoms with E-state index < -0.39 is 0 Å².